The summed E-state index contributed by atoms with van der Waals surface area (Å²) in [6, 6.07) is 0. The maximum Gasteiger partial charge on any atom is -0.147 e. The molecule has 1 aliphatic carbocycles. The van der Waals surface area contributed by atoms with E-state index < -0.39 is 8.07 Å². The number of halogens is 3. The predicted molar refractivity (Wildman–Crippen MR) is 65.9 cm³/mol. The molecule has 0 atom stereocenters. The van der Waals surface area contributed by atoms with Crippen LogP contribution in [0, 0.1) is 0 Å². The van der Waals surface area contributed by atoms with Crippen molar-refractivity contribution in [2.45, 2.75) is 26.1 Å². The van der Waals surface area contributed by atoms with E-state index in [4.69, 9.17) is 0 Å². The summed E-state index contributed by atoms with van der Waals surface area (Å²) in [6.45, 7) is 7.28. The quantitative estimate of drug-likeness (QED) is 0.560. The molecule has 0 radical (unpaired) electrons. The molecule has 0 nitrogen and oxygen atoms in total. The number of hydrogen-bond acceptors (Lipinski definition) is 0. The van der Waals surface area contributed by atoms with E-state index in [0.29, 0.717) is 0 Å². The van der Waals surface area contributed by atoms with Gasteiger partial charge in [-0.05, 0) is 0 Å². The van der Waals surface area contributed by atoms with Gasteiger partial charge < -0.3 is 0 Å². The first-order chi connectivity index (χ1) is 4.52. The fourth-order valence-corrected chi connectivity index (χ4v) is 7.60. The first kappa shape index (κ1) is 19.9. The monoisotopic (exact) mass is 425 g/mol. The second-order valence-corrected chi connectivity index (χ2v) is 11.0. The smallest absolute Gasteiger partial charge is 0.147 e. The van der Waals surface area contributed by atoms with E-state index in [2.05, 4.69) is 31.8 Å². The molecule has 0 fully saturated rings. The van der Waals surface area contributed by atoms with Gasteiger partial charge in [-0.3, -0.25) is 0 Å². The standard InChI is InChI=1S/C8H13Si.3ClH.Hf/c1-9(2,3)8-6-4-5-7-8;;;;/h4,6H,5H2,1-3H3;3*1H;. The Kier molecular flexibility index (Phi) is 11.8. The summed E-state index contributed by atoms with van der Waals surface area (Å²) in [7, 11) is -0.960. The second kappa shape index (κ2) is 7.69. The van der Waals surface area contributed by atoms with Crippen LogP contribution in [0.4, 0.5) is 0 Å². The van der Waals surface area contributed by atoms with Gasteiger partial charge in [0.25, 0.3) is 0 Å². The minimum atomic E-state index is -0.960. The summed E-state index contributed by atoms with van der Waals surface area (Å²) in [6.07, 6.45) is 5.93. The molecular formula is C8H16Cl3HfSi. The zero-order valence-corrected chi connectivity index (χ0v) is 15.1. The zero-order chi connectivity index (χ0) is 7.78. The number of rotatable bonds is 1. The van der Waals surface area contributed by atoms with Gasteiger partial charge in [-0.1, -0.05) is 0 Å². The third kappa shape index (κ3) is 5.78. The molecule has 0 aromatic rings. The van der Waals surface area contributed by atoms with Crippen molar-refractivity contribution in [1.29, 1.82) is 0 Å². The van der Waals surface area contributed by atoms with Crippen molar-refractivity contribution in [1.82, 2.24) is 0 Å². The maximum absolute atomic E-state index is 2.43. The largest absolute Gasteiger partial charge is 0.147 e. The molecule has 0 N–H and O–H groups in total. The van der Waals surface area contributed by atoms with Crippen molar-refractivity contribution >= 4 is 45.3 Å². The molecule has 0 aliphatic heterocycles. The normalized spacial score (nSPS) is 14.3. The van der Waals surface area contributed by atoms with Gasteiger partial charge in [-0.15, -0.1) is 37.2 Å². The second-order valence-electron chi connectivity index (χ2n) is 3.75. The first-order valence-corrected chi connectivity index (χ1v) is 8.93. The minimum absolute atomic E-state index is 0. The summed E-state index contributed by atoms with van der Waals surface area (Å²) in [5, 5.41) is 1.72. The van der Waals surface area contributed by atoms with E-state index in [0.717, 1.165) is 0 Å². The molecule has 0 aromatic carbocycles. The molecular weight excluding hydrogens is 409 g/mol. The summed E-state index contributed by atoms with van der Waals surface area (Å²) >= 11 is 1.27. The van der Waals surface area contributed by atoms with Gasteiger partial charge in [-0.2, -0.15) is 0 Å². The van der Waals surface area contributed by atoms with E-state index in [9.17, 15) is 0 Å². The molecule has 0 spiro atoms. The minimum Gasteiger partial charge on any atom is -0.147 e. The third-order valence-corrected chi connectivity index (χ3v) is 6.42. The molecule has 1 aliphatic rings. The van der Waals surface area contributed by atoms with Crippen molar-refractivity contribution in [2.24, 2.45) is 0 Å². The average molecular weight is 425 g/mol. The Labute approximate surface area is 115 Å². The molecule has 0 bridgehead atoms. The van der Waals surface area contributed by atoms with E-state index >= 15 is 0 Å². The van der Waals surface area contributed by atoms with Gasteiger partial charge >= 0.3 is 79.2 Å². The number of hydrogen-bond donors (Lipinski definition) is 0. The Hall–Kier alpha value is 1.44. The molecule has 0 saturated carbocycles. The van der Waals surface area contributed by atoms with Crippen LogP contribution in [-0.4, -0.2) is 8.07 Å². The van der Waals surface area contributed by atoms with Gasteiger partial charge in [0.1, 0.15) is 0 Å². The number of allylic oxidation sites excluding steroid dienone is 4. The topological polar surface area (TPSA) is 0 Å². The van der Waals surface area contributed by atoms with Crippen molar-refractivity contribution in [2.75, 3.05) is 0 Å². The first-order valence-electron chi connectivity index (χ1n) is 3.63. The fourth-order valence-electron chi connectivity index (χ4n) is 1.21. The van der Waals surface area contributed by atoms with Crippen LogP contribution in [0.15, 0.2) is 20.7 Å². The maximum atomic E-state index is 2.43. The van der Waals surface area contributed by atoms with Gasteiger partial charge in [0.2, 0.25) is 0 Å². The molecule has 0 heterocycles. The summed E-state index contributed by atoms with van der Waals surface area (Å²) in [5.74, 6) is 0. The molecule has 77 valence electrons. The van der Waals surface area contributed by atoms with Crippen LogP contribution in [0.25, 0.3) is 0 Å². The van der Waals surface area contributed by atoms with Crippen molar-refractivity contribution in [3.05, 3.63) is 20.7 Å². The SMILES string of the molecule is C[Si](C)(C)C1=[C]([Hf])CC=C1.Cl.Cl.Cl. The summed E-state index contributed by atoms with van der Waals surface area (Å²) < 4.78 is 1.74. The van der Waals surface area contributed by atoms with Crippen LogP contribution < -0.4 is 0 Å². The van der Waals surface area contributed by atoms with Crippen LogP contribution in [-0.2, 0) is 24.4 Å². The van der Waals surface area contributed by atoms with Gasteiger partial charge in [0.05, 0.1) is 0 Å². The van der Waals surface area contributed by atoms with Gasteiger partial charge in [-0.25, -0.2) is 0 Å². The Bertz CT molecular complexity index is 206. The van der Waals surface area contributed by atoms with Crippen molar-refractivity contribution < 1.29 is 24.4 Å². The van der Waals surface area contributed by atoms with Crippen molar-refractivity contribution in [3.8, 4) is 0 Å². The Morgan fingerprint density at radius 2 is 1.62 bits per heavy atom. The Balaban J connectivity index is -0.000000333. The molecule has 13 heavy (non-hydrogen) atoms. The third-order valence-electron chi connectivity index (χ3n) is 1.74. The Morgan fingerprint density at radius 1 is 1.15 bits per heavy atom. The molecule has 0 amide bonds. The van der Waals surface area contributed by atoms with Gasteiger partial charge in [0.15, 0.2) is 0 Å². The van der Waals surface area contributed by atoms with E-state index in [-0.39, 0.29) is 37.2 Å². The van der Waals surface area contributed by atoms with Crippen LogP contribution >= 0.6 is 37.2 Å². The van der Waals surface area contributed by atoms with Crippen molar-refractivity contribution in [3.63, 3.8) is 0 Å². The van der Waals surface area contributed by atoms with Crippen LogP contribution in [0.2, 0.25) is 19.6 Å². The van der Waals surface area contributed by atoms with Crippen LogP contribution in [0.3, 0.4) is 0 Å². The summed E-state index contributed by atoms with van der Waals surface area (Å²) in [4.78, 5) is 0. The van der Waals surface area contributed by atoms with E-state index in [1.165, 1.54) is 30.8 Å². The Morgan fingerprint density at radius 3 is 1.77 bits per heavy atom. The summed E-state index contributed by atoms with van der Waals surface area (Å²) in [5.41, 5.74) is 0. The predicted octanol–water partition coefficient (Wildman–Crippen LogP) is 3.89. The molecule has 0 unspecified atom stereocenters. The molecule has 1 rings (SSSR count). The van der Waals surface area contributed by atoms with E-state index in [1.807, 2.05) is 0 Å². The van der Waals surface area contributed by atoms with Gasteiger partial charge in [0, 0.05) is 0 Å². The van der Waals surface area contributed by atoms with Crippen LogP contribution in [0.1, 0.15) is 6.42 Å². The fraction of sp³-hybridized carbons (Fsp3) is 0.500. The zero-order valence-electron chi connectivity index (χ0n) is 8.09. The molecule has 0 saturated heterocycles. The molecule has 0 aromatic heterocycles. The van der Waals surface area contributed by atoms with Crippen LogP contribution in [0.5, 0.6) is 0 Å². The van der Waals surface area contributed by atoms with E-state index in [1.54, 1.807) is 8.53 Å². The molecule has 5 heteroatoms. The average Bonchev–Trinajstić information content (AvgIpc) is 2.11.